The normalized spacial score (nSPS) is 15.0. The lowest BCUT2D eigenvalue weighted by molar-refractivity contribution is 0.350. The fourth-order valence-corrected chi connectivity index (χ4v) is 18.6. The van der Waals surface area contributed by atoms with E-state index in [1.165, 1.54) is 0 Å². The maximum absolute atomic E-state index is 6.91. The van der Waals surface area contributed by atoms with E-state index >= 15 is 0 Å². The van der Waals surface area contributed by atoms with Gasteiger partial charge in [0.25, 0.3) is 0 Å². The molecule has 0 radical (unpaired) electrons. The van der Waals surface area contributed by atoms with E-state index in [0.29, 0.717) is 0 Å². The zero-order valence-corrected chi connectivity index (χ0v) is 45.3. The maximum Gasteiger partial charge on any atom is 0.465 e. The van der Waals surface area contributed by atoms with Crippen molar-refractivity contribution in [2.75, 3.05) is 0 Å². The second kappa shape index (κ2) is 21.8. The van der Waals surface area contributed by atoms with Crippen molar-refractivity contribution in [3.8, 4) is 70.0 Å². The maximum atomic E-state index is 6.91. The second-order valence-electron chi connectivity index (χ2n) is 19.6. The molecule has 9 heteroatoms. The minimum Gasteiger partial charge on any atom is -0.512 e. The van der Waals surface area contributed by atoms with Crippen LogP contribution in [0.15, 0.2) is 146 Å². The Morgan fingerprint density at radius 2 is 0.333 bits per heavy atom. The van der Waals surface area contributed by atoms with Gasteiger partial charge in [0.15, 0.2) is 0 Å². The lowest BCUT2D eigenvalue weighted by Gasteiger charge is -2.37. The molecule has 0 amide bonds. The number of hydrogen-bond donors (Lipinski definition) is 0. The fraction of sp³-hybridized carbons (Fsp3) is 0.300. The van der Waals surface area contributed by atoms with Crippen LogP contribution in [0.1, 0.15) is 116 Å². The molecule has 0 unspecified atom stereocenters. The Labute approximate surface area is 415 Å². The van der Waals surface area contributed by atoms with E-state index in [9.17, 15) is 0 Å². The molecule has 6 nitrogen and oxygen atoms in total. The molecule has 10 heterocycles. The molecule has 10 aliphatic heterocycles. The smallest absolute Gasteiger partial charge is 0.465 e. The molecular formula is C60H66O6Si3. The predicted octanol–water partition coefficient (Wildman–Crippen LogP) is 15.4. The first kappa shape index (κ1) is 50.3. The molecular weight excluding hydrogens is 901 g/mol. The van der Waals surface area contributed by atoms with Crippen LogP contribution in [0.3, 0.4) is 0 Å². The van der Waals surface area contributed by atoms with Crippen molar-refractivity contribution < 1.29 is 26.6 Å². The van der Waals surface area contributed by atoms with Gasteiger partial charge < -0.3 is 26.6 Å². The summed E-state index contributed by atoms with van der Waals surface area (Å²) in [5, 5.41) is 0. The summed E-state index contributed by atoms with van der Waals surface area (Å²) in [6.07, 6.45) is 0. The Bertz CT molecular complexity index is 2330. The van der Waals surface area contributed by atoms with E-state index < -0.39 is 25.7 Å². The van der Waals surface area contributed by atoms with Crippen LogP contribution in [0.2, 0.25) is 33.2 Å². The molecule has 0 fully saturated rings. The van der Waals surface area contributed by atoms with Crippen molar-refractivity contribution >= 4 is 25.7 Å². The van der Waals surface area contributed by atoms with Crippen LogP contribution in [0, 0.1) is 35.5 Å². The summed E-state index contributed by atoms with van der Waals surface area (Å²) >= 11 is 0. The Hall–Kier alpha value is -6.55. The standard InChI is InChI=1S/C60H66O6Si3/c1-43(2)67(44(3)4)61-55-31-19-49(20-32-55)13-15-51-23-35-57(36-24-51)63-68(45(5)6,46(7)8)65-59-39-27-53(28-40-59)17-18-54-29-41-60(42-30-54)66-69(47(9)10,48(11)12)64-58-37-25-52(26-38-58)16-14-50-21-33-56(62-67)34-22-50/h19-48H,1-12H3. The molecule has 12 bridgehead atoms. The van der Waals surface area contributed by atoms with E-state index in [4.69, 9.17) is 26.6 Å². The molecule has 16 rings (SSSR count). The zero-order valence-electron chi connectivity index (χ0n) is 42.3. The van der Waals surface area contributed by atoms with E-state index in [-0.39, 0.29) is 33.2 Å². The molecule has 6 aromatic rings. The SMILES string of the molecule is CC(C)[Si]1(C(C)C)Oc2ccc(cc2)C#Cc2ccc(cc2)O[Si](C(C)C)(C(C)C)Oc2ccc(cc2)C#Cc2ccc(cc2)O[Si](C(C)C)(C(C)C)Oc2ccc(cc2)C#Cc2ccc(cc2)O1. The molecule has 0 aromatic heterocycles. The summed E-state index contributed by atoms with van der Waals surface area (Å²) in [4.78, 5) is 0. The van der Waals surface area contributed by atoms with E-state index in [1.54, 1.807) is 0 Å². The van der Waals surface area contributed by atoms with Crippen LogP contribution in [0.25, 0.3) is 0 Å². The summed E-state index contributed by atoms with van der Waals surface area (Å²) < 4.78 is 41.5. The van der Waals surface area contributed by atoms with Crippen molar-refractivity contribution in [3.63, 3.8) is 0 Å². The largest absolute Gasteiger partial charge is 0.512 e. The highest BCUT2D eigenvalue weighted by atomic mass is 28.4. The monoisotopic (exact) mass is 966 g/mol. The molecule has 0 atom stereocenters. The minimum absolute atomic E-state index is 0.166. The molecule has 0 aliphatic carbocycles. The third-order valence-electron chi connectivity index (χ3n) is 12.7. The topological polar surface area (TPSA) is 55.4 Å². The van der Waals surface area contributed by atoms with Gasteiger partial charge in [-0.25, -0.2) is 0 Å². The second-order valence-corrected chi connectivity index (χ2v) is 32.1. The molecule has 10 aliphatic rings. The Kier molecular flexibility index (Phi) is 15.9. The Morgan fingerprint density at radius 1 is 0.217 bits per heavy atom. The Balaban J connectivity index is 1.21. The summed E-state index contributed by atoms with van der Waals surface area (Å²) in [7, 11) is -8.53. The van der Waals surface area contributed by atoms with Gasteiger partial charge in [0.2, 0.25) is 0 Å². The first-order chi connectivity index (χ1) is 33.0. The summed E-state index contributed by atoms with van der Waals surface area (Å²) in [6, 6.07) is 48.0. The van der Waals surface area contributed by atoms with E-state index in [1.807, 2.05) is 146 Å². The van der Waals surface area contributed by atoms with Crippen molar-refractivity contribution in [3.05, 3.63) is 179 Å². The first-order valence-corrected chi connectivity index (χ1v) is 30.2. The lowest BCUT2D eigenvalue weighted by Crippen LogP contribution is -2.54. The van der Waals surface area contributed by atoms with Crippen molar-refractivity contribution in [2.24, 2.45) is 0 Å². The fourth-order valence-electron chi connectivity index (χ4n) is 8.65. The summed E-state index contributed by atoms with van der Waals surface area (Å²) in [5.74, 6) is 24.6. The molecule has 0 N–H and O–H groups in total. The van der Waals surface area contributed by atoms with Crippen LogP contribution in [-0.2, 0) is 0 Å². The van der Waals surface area contributed by atoms with Gasteiger partial charge in [0.05, 0.1) is 0 Å². The van der Waals surface area contributed by atoms with Gasteiger partial charge in [0, 0.05) is 66.6 Å². The van der Waals surface area contributed by atoms with Crippen LogP contribution in [0.5, 0.6) is 34.5 Å². The predicted molar refractivity (Wildman–Crippen MR) is 288 cm³/mol. The van der Waals surface area contributed by atoms with Crippen LogP contribution < -0.4 is 26.6 Å². The molecule has 354 valence electrons. The van der Waals surface area contributed by atoms with Gasteiger partial charge in [-0.05, 0) is 146 Å². The van der Waals surface area contributed by atoms with Gasteiger partial charge in [0.1, 0.15) is 34.5 Å². The first-order valence-electron chi connectivity index (χ1n) is 24.3. The van der Waals surface area contributed by atoms with Crippen LogP contribution in [0.4, 0.5) is 0 Å². The highest BCUT2D eigenvalue weighted by Crippen LogP contribution is 2.40. The molecule has 6 aromatic carbocycles. The quantitative estimate of drug-likeness (QED) is 0.122. The van der Waals surface area contributed by atoms with Gasteiger partial charge in [-0.3, -0.25) is 0 Å². The number of rotatable bonds is 6. The van der Waals surface area contributed by atoms with Crippen LogP contribution in [-0.4, -0.2) is 25.7 Å². The summed E-state index contributed by atoms with van der Waals surface area (Å²) in [6.45, 7) is 26.2. The van der Waals surface area contributed by atoms with Crippen molar-refractivity contribution in [2.45, 2.75) is 116 Å². The average molecular weight is 967 g/mol. The van der Waals surface area contributed by atoms with Crippen molar-refractivity contribution in [1.29, 1.82) is 0 Å². The van der Waals surface area contributed by atoms with E-state index in [0.717, 1.165) is 67.9 Å². The molecule has 0 saturated carbocycles. The third-order valence-corrected chi connectivity index (χ3v) is 25.7. The summed E-state index contributed by atoms with van der Waals surface area (Å²) in [5.41, 5.74) is 6.33. The number of hydrogen-bond acceptors (Lipinski definition) is 6. The van der Waals surface area contributed by atoms with Gasteiger partial charge in [-0.15, -0.1) is 0 Å². The highest BCUT2D eigenvalue weighted by molar-refractivity contribution is 6.72. The highest BCUT2D eigenvalue weighted by Gasteiger charge is 2.51. The molecule has 69 heavy (non-hydrogen) atoms. The van der Waals surface area contributed by atoms with E-state index in [2.05, 4.69) is 119 Å². The zero-order chi connectivity index (χ0) is 49.3. The Morgan fingerprint density at radius 3 is 0.435 bits per heavy atom. The number of benzene rings is 6. The lowest BCUT2D eigenvalue weighted by atomic mass is 10.2. The van der Waals surface area contributed by atoms with Gasteiger partial charge in [-0.1, -0.05) is 119 Å². The van der Waals surface area contributed by atoms with Crippen molar-refractivity contribution in [1.82, 2.24) is 0 Å². The van der Waals surface area contributed by atoms with Crippen LogP contribution >= 0.6 is 0 Å². The van der Waals surface area contributed by atoms with Gasteiger partial charge >= 0.3 is 25.7 Å². The molecule has 0 saturated heterocycles. The molecule has 0 spiro atoms. The third kappa shape index (κ3) is 12.0. The minimum atomic E-state index is -2.84. The average Bonchev–Trinajstić information content (AvgIpc) is 3.33. The van der Waals surface area contributed by atoms with Gasteiger partial charge in [-0.2, -0.15) is 0 Å².